The second kappa shape index (κ2) is 9.05. The number of amides is 3. The predicted octanol–water partition coefficient (Wildman–Crippen LogP) is 6.39. The van der Waals surface area contributed by atoms with E-state index in [4.69, 9.17) is 23.2 Å². The number of hydrogen-bond acceptors (Lipinski definition) is 3. The fourth-order valence-corrected chi connectivity index (χ4v) is 4.54. The maximum absolute atomic E-state index is 15.2. The van der Waals surface area contributed by atoms with Crippen molar-refractivity contribution in [2.45, 2.75) is 13.5 Å². The topological polar surface area (TPSA) is 98.9 Å². The Kier molecular flexibility index (Phi) is 5.92. The molecule has 3 amide bonds. The van der Waals surface area contributed by atoms with Crippen molar-refractivity contribution in [1.29, 1.82) is 0 Å². The van der Waals surface area contributed by atoms with Gasteiger partial charge in [-0.2, -0.15) is 0 Å². The average Bonchev–Trinajstić information content (AvgIpc) is 3.42. The maximum Gasteiger partial charge on any atom is 0.323 e. The van der Waals surface area contributed by atoms with Crippen LogP contribution in [0, 0.1) is 12.7 Å². The van der Waals surface area contributed by atoms with Crippen LogP contribution >= 0.6 is 23.2 Å². The minimum absolute atomic E-state index is 0.237. The summed E-state index contributed by atoms with van der Waals surface area (Å²) in [5.74, 6) is -0.215. The molecule has 1 aliphatic rings. The van der Waals surface area contributed by atoms with E-state index in [1.165, 1.54) is 6.07 Å². The van der Waals surface area contributed by atoms with Crippen molar-refractivity contribution in [3.8, 4) is 22.5 Å². The number of anilines is 2. The zero-order valence-electron chi connectivity index (χ0n) is 18.3. The largest absolute Gasteiger partial charge is 0.348 e. The maximum atomic E-state index is 15.2. The van der Waals surface area contributed by atoms with Gasteiger partial charge in [0, 0.05) is 35.2 Å². The number of imidazole rings is 1. The monoisotopic (exact) mass is 509 g/mol. The molecule has 1 aromatic heterocycles. The van der Waals surface area contributed by atoms with Crippen LogP contribution in [0.5, 0.6) is 0 Å². The van der Waals surface area contributed by atoms with Crippen LogP contribution in [0.3, 0.4) is 0 Å². The van der Waals surface area contributed by atoms with Crippen LogP contribution in [-0.2, 0) is 6.54 Å². The Morgan fingerprint density at radius 2 is 1.74 bits per heavy atom. The van der Waals surface area contributed by atoms with Gasteiger partial charge in [-0.25, -0.2) is 14.2 Å². The molecule has 0 saturated carbocycles. The number of carbonyl (C=O) groups is 2. The number of H-pyrrole nitrogens is 1. The number of carbonyl (C=O) groups excluding carboxylic acids is 2. The van der Waals surface area contributed by atoms with Gasteiger partial charge in [-0.1, -0.05) is 35.3 Å². The van der Waals surface area contributed by atoms with Crippen molar-refractivity contribution >= 4 is 46.5 Å². The highest BCUT2D eigenvalue weighted by Gasteiger charge is 2.28. The zero-order valence-corrected chi connectivity index (χ0v) is 19.8. The lowest BCUT2D eigenvalue weighted by atomic mass is 9.92. The van der Waals surface area contributed by atoms with Gasteiger partial charge in [-0.05, 0) is 54.4 Å². The number of aromatic amines is 1. The molecule has 7 nitrogen and oxygen atoms in total. The molecule has 4 N–H and O–H groups in total. The van der Waals surface area contributed by atoms with Crippen LogP contribution in [0.2, 0.25) is 10.0 Å². The van der Waals surface area contributed by atoms with Gasteiger partial charge in [0.1, 0.15) is 11.6 Å². The van der Waals surface area contributed by atoms with Gasteiger partial charge in [-0.3, -0.25) is 4.79 Å². The molecule has 0 atom stereocenters. The van der Waals surface area contributed by atoms with Crippen molar-refractivity contribution in [3.63, 3.8) is 0 Å². The summed E-state index contributed by atoms with van der Waals surface area (Å²) < 4.78 is 15.2. The molecule has 0 bridgehead atoms. The van der Waals surface area contributed by atoms with Gasteiger partial charge < -0.3 is 20.9 Å². The fourth-order valence-electron chi connectivity index (χ4n) is 4.05. The Morgan fingerprint density at radius 3 is 2.43 bits per heavy atom. The number of urea groups is 1. The Labute approximate surface area is 209 Å². The van der Waals surface area contributed by atoms with Gasteiger partial charge in [0.15, 0.2) is 0 Å². The first-order valence-electron chi connectivity index (χ1n) is 10.6. The van der Waals surface area contributed by atoms with E-state index in [1.54, 1.807) is 48.7 Å². The van der Waals surface area contributed by atoms with Crippen molar-refractivity contribution in [1.82, 2.24) is 15.3 Å². The minimum atomic E-state index is -0.624. The molecule has 0 unspecified atom stereocenters. The molecule has 0 fully saturated rings. The Hall–Kier alpha value is -3.88. The summed E-state index contributed by atoms with van der Waals surface area (Å²) in [6, 6.07) is 12.1. The molecule has 4 aromatic rings. The SMILES string of the molecule is Cc1cnc(-c2ccc(-c3ccc(NC(=O)Nc4c(Cl)cccc4Cl)cc3F)c3c2C(=O)NC3)[nH]1. The lowest BCUT2D eigenvalue weighted by molar-refractivity contribution is 0.0966. The van der Waals surface area contributed by atoms with Crippen LogP contribution in [0.25, 0.3) is 22.5 Å². The van der Waals surface area contributed by atoms with Crippen molar-refractivity contribution in [2.75, 3.05) is 10.6 Å². The van der Waals surface area contributed by atoms with E-state index in [1.807, 2.05) is 6.92 Å². The number of aryl methyl sites for hydroxylation is 1. The summed E-state index contributed by atoms with van der Waals surface area (Å²) in [4.78, 5) is 32.4. The minimum Gasteiger partial charge on any atom is -0.348 e. The molecule has 10 heteroatoms. The van der Waals surface area contributed by atoms with Crippen LogP contribution in [0.1, 0.15) is 21.6 Å². The van der Waals surface area contributed by atoms with Crippen molar-refractivity contribution < 1.29 is 14.0 Å². The van der Waals surface area contributed by atoms with Gasteiger partial charge in [0.05, 0.1) is 21.3 Å². The quantitative estimate of drug-likeness (QED) is 0.256. The first-order valence-corrected chi connectivity index (χ1v) is 11.4. The van der Waals surface area contributed by atoms with E-state index in [9.17, 15) is 9.59 Å². The lowest BCUT2D eigenvalue weighted by Crippen LogP contribution is -2.20. The van der Waals surface area contributed by atoms with Gasteiger partial charge in [-0.15, -0.1) is 0 Å². The van der Waals surface area contributed by atoms with Crippen molar-refractivity contribution in [3.05, 3.63) is 87.4 Å². The molecular weight excluding hydrogens is 492 g/mol. The molecular formula is C25H18Cl2FN5O2. The van der Waals surface area contributed by atoms with E-state index in [0.29, 0.717) is 33.6 Å². The van der Waals surface area contributed by atoms with Gasteiger partial charge in [0.25, 0.3) is 5.91 Å². The summed E-state index contributed by atoms with van der Waals surface area (Å²) in [7, 11) is 0. The molecule has 0 spiro atoms. The van der Waals surface area contributed by atoms with Crippen LogP contribution in [0.15, 0.2) is 54.7 Å². The third-order valence-electron chi connectivity index (χ3n) is 5.64. The van der Waals surface area contributed by atoms with E-state index >= 15 is 4.39 Å². The Balaban J connectivity index is 1.43. The summed E-state index contributed by atoms with van der Waals surface area (Å²) in [6.07, 6.45) is 1.68. The van der Waals surface area contributed by atoms with Crippen LogP contribution in [-0.4, -0.2) is 21.9 Å². The highest BCUT2D eigenvalue weighted by molar-refractivity contribution is 6.39. The third kappa shape index (κ3) is 4.34. The van der Waals surface area contributed by atoms with Crippen molar-refractivity contribution in [2.24, 2.45) is 0 Å². The predicted molar refractivity (Wildman–Crippen MR) is 134 cm³/mol. The molecule has 0 aliphatic carbocycles. The number of benzene rings is 3. The number of nitrogens with zero attached hydrogens (tertiary/aromatic N) is 1. The average molecular weight is 510 g/mol. The first kappa shape index (κ1) is 22.9. The van der Waals surface area contributed by atoms with Crippen LogP contribution < -0.4 is 16.0 Å². The van der Waals surface area contributed by atoms with E-state index < -0.39 is 11.8 Å². The molecule has 2 heterocycles. The number of hydrogen-bond donors (Lipinski definition) is 4. The normalized spacial score (nSPS) is 12.3. The van der Waals surface area contributed by atoms with E-state index in [2.05, 4.69) is 25.9 Å². The van der Waals surface area contributed by atoms with Gasteiger partial charge >= 0.3 is 6.03 Å². The number of fused-ring (bicyclic) bond motifs is 1. The molecule has 1 aliphatic heterocycles. The smallest absolute Gasteiger partial charge is 0.323 e. The second-order valence-corrected chi connectivity index (χ2v) is 8.80. The fraction of sp³-hybridized carbons (Fsp3) is 0.0800. The molecule has 3 aromatic carbocycles. The molecule has 0 saturated heterocycles. The number of halogens is 3. The highest BCUT2D eigenvalue weighted by atomic mass is 35.5. The number of nitrogens with one attached hydrogen (secondary N) is 4. The second-order valence-electron chi connectivity index (χ2n) is 7.98. The van der Waals surface area contributed by atoms with E-state index in [0.717, 1.165) is 5.69 Å². The summed E-state index contributed by atoms with van der Waals surface area (Å²) >= 11 is 12.2. The van der Waals surface area contributed by atoms with Gasteiger partial charge in [0.2, 0.25) is 0 Å². The standard InChI is InChI=1S/C25H18Cl2FN5O2/c1-12-10-29-23(31-12)16-8-7-14(17-11-30-24(34)21(16)17)15-6-5-13(9-20(15)28)32-25(35)33-22-18(26)3-2-4-19(22)27/h2-10H,11H2,1H3,(H,29,31)(H,30,34)(H2,32,33,35). The zero-order chi connectivity index (χ0) is 24.7. The highest BCUT2D eigenvalue weighted by Crippen LogP contribution is 2.37. The summed E-state index contributed by atoms with van der Waals surface area (Å²) in [5, 5.41) is 8.50. The molecule has 35 heavy (non-hydrogen) atoms. The number of rotatable bonds is 4. The molecule has 5 rings (SSSR count). The summed E-state index contributed by atoms with van der Waals surface area (Å²) in [6.45, 7) is 2.15. The number of para-hydroxylation sites is 1. The molecule has 0 radical (unpaired) electrons. The third-order valence-corrected chi connectivity index (χ3v) is 6.27. The lowest BCUT2D eigenvalue weighted by Gasteiger charge is -2.13. The number of aromatic nitrogens is 2. The Bertz CT molecular complexity index is 1480. The van der Waals surface area contributed by atoms with E-state index in [-0.39, 0.29) is 33.9 Å². The first-order chi connectivity index (χ1) is 16.8. The van der Waals surface area contributed by atoms with Crippen LogP contribution in [0.4, 0.5) is 20.6 Å². The summed E-state index contributed by atoms with van der Waals surface area (Å²) in [5.41, 5.74) is 4.06. The molecule has 176 valence electrons. The Morgan fingerprint density at radius 1 is 1.03 bits per heavy atom.